The second kappa shape index (κ2) is 8.24. The van der Waals surface area contributed by atoms with E-state index in [9.17, 15) is 4.79 Å². The summed E-state index contributed by atoms with van der Waals surface area (Å²) in [5, 5.41) is 8.30. The lowest BCUT2D eigenvalue weighted by atomic mass is 10.1. The highest BCUT2D eigenvalue weighted by atomic mass is 35.5. The van der Waals surface area contributed by atoms with Gasteiger partial charge in [-0.2, -0.15) is 9.67 Å². The van der Waals surface area contributed by atoms with Crippen LogP contribution in [0.1, 0.15) is 21.5 Å². The fourth-order valence-corrected chi connectivity index (χ4v) is 3.13. The van der Waals surface area contributed by atoms with Crippen molar-refractivity contribution in [2.45, 2.75) is 13.5 Å². The molecule has 0 atom stereocenters. The molecule has 2 aromatic heterocycles. The number of anilines is 1. The molecule has 0 radical (unpaired) electrons. The summed E-state index contributed by atoms with van der Waals surface area (Å²) >= 11 is 6.07. The summed E-state index contributed by atoms with van der Waals surface area (Å²) < 4.78 is 1.29. The number of aromatic nitrogens is 4. The van der Waals surface area contributed by atoms with Crippen molar-refractivity contribution in [3.63, 3.8) is 0 Å². The number of aryl methyl sites for hydroxylation is 1. The van der Waals surface area contributed by atoms with Crippen molar-refractivity contribution in [3.05, 3.63) is 94.8 Å². The van der Waals surface area contributed by atoms with Crippen molar-refractivity contribution in [1.29, 1.82) is 0 Å². The van der Waals surface area contributed by atoms with E-state index in [4.69, 9.17) is 11.6 Å². The number of nitrogens with one attached hydrogen (secondary N) is 1. The van der Waals surface area contributed by atoms with Crippen LogP contribution >= 0.6 is 11.6 Å². The molecular formula is C22H18ClN5O. The highest BCUT2D eigenvalue weighted by molar-refractivity contribution is 6.30. The van der Waals surface area contributed by atoms with E-state index in [1.165, 1.54) is 4.68 Å². The maximum absolute atomic E-state index is 13.1. The summed E-state index contributed by atoms with van der Waals surface area (Å²) in [6.07, 6.45) is 3.34. The first-order valence-corrected chi connectivity index (χ1v) is 9.45. The van der Waals surface area contributed by atoms with Gasteiger partial charge in [-0.1, -0.05) is 41.4 Å². The lowest BCUT2D eigenvalue weighted by Gasteiger charge is -2.08. The van der Waals surface area contributed by atoms with Crippen LogP contribution in [0.25, 0.3) is 11.4 Å². The van der Waals surface area contributed by atoms with E-state index in [-0.39, 0.29) is 5.91 Å². The number of hydrogen-bond acceptors (Lipinski definition) is 5. The molecule has 0 aliphatic rings. The summed E-state index contributed by atoms with van der Waals surface area (Å²) in [5.74, 6) is 0.521. The summed E-state index contributed by atoms with van der Waals surface area (Å²) in [5.41, 5.74) is 3.24. The second-order valence-corrected chi connectivity index (χ2v) is 7.01. The van der Waals surface area contributed by atoms with Crippen molar-refractivity contribution in [3.8, 4) is 11.4 Å². The van der Waals surface area contributed by atoms with Crippen LogP contribution in [-0.4, -0.2) is 25.7 Å². The topological polar surface area (TPSA) is 72.7 Å². The van der Waals surface area contributed by atoms with Gasteiger partial charge in [0.25, 0.3) is 5.91 Å². The van der Waals surface area contributed by atoms with Crippen LogP contribution in [0.15, 0.2) is 73.1 Å². The van der Waals surface area contributed by atoms with Gasteiger partial charge in [0, 0.05) is 35.1 Å². The first-order chi connectivity index (χ1) is 14.1. The number of rotatable bonds is 5. The highest BCUT2D eigenvalue weighted by Gasteiger charge is 2.19. The molecule has 0 aliphatic carbocycles. The van der Waals surface area contributed by atoms with Gasteiger partial charge in [0.1, 0.15) is 0 Å². The lowest BCUT2D eigenvalue weighted by Crippen LogP contribution is -2.17. The summed E-state index contributed by atoms with van der Waals surface area (Å²) in [6, 6.07) is 18.5. The molecule has 0 spiro atoms. The summed E-state index contributed by atoms with van der Waals surface area (Å²) in [6.45, 7) is 2.39. The third kappa shape index (κ3) is 4.33. The molecule has 0 bridgehead atoms. The molecule has 0 fully saturated rings. The van der Waals surface area contributed by atoms with Gasteiger partial charge in [0.05, 0.1) is 0 Å². The second-order valence-electron chi connectivity index (χ2n) is 6.57. The Labute approximate surface area is 173 Å². The van der Waals surface area contributed by atoms with Gasteiger partial charge < -0.3 is 5.32 Å². The van der Waals surface area contributed by atoms with Crippen LogP contribution in [0, 0.1) is 6.92 Å². The molecule has 0 saturated carbocycles. The van der Waals surface area contributed by atoms with Crippen LogP contribution in [0.3, 0.4) is 0 Å². The molecule has 2 aromatic carbocycles. The summed E-state index contributed by atoms with van der Waals surface area (Å²) in [7, 11) is 0. The smallest absolute Gasteiger partial charge is 0.281 e. The van der Waals surface area contributed by atoms with E-state index in [0.29, 0.717) is 28.9 Å². The minimum atomic E-state index is -0.259. The third-order valence-corrected chi connectivity index (χ3v) is 4.56. The molecule has 0 aliphatic heterocycles. The molecule has 2 heterocycles. The molecule has 0 unspecified atom stereocenters. The zero-order chi connectivity index (χ0) is 20.2. The van der Waals surface area contributed by atoms with Crippen LogP contribution in [-0.2, 0) is 6.54 Å². The molecule has 0 saturated heterocycles. The Kier molecular flexibility index (Phi) is 5.35. The van der Waals surface area contributed by atoms with E-state index >= 15 is 0 Å². The van der Waals surface area contributed by atoms with Crippen molar-refractivity contribution < 1.29 is 4.79 Å². The number of benzene rings is 2. The Bertz CT molecular complexity index is 1160. The van der Waals surface area contributed by atoms with E-state index in [1.54, 1.807) is 24.5 Å². The minimum absolute atomic E-state index is 0.259. The number of carbonyl (C=O) groups is 1. The average molecular weight is 404 g/mol. The first kappa shape index (κ1) is 18.8. The van der Waals surface area contributed by atoms with Gasteiger partial charge in [0.2, 0.25) is 5.95 Å². The minimum Gasteiger partial charge on any atom is -0.350 e. The number of halogens is 1. The van der Waals surface area contributed by atoms with Crippen LogP contribution in [0.2, 0.25) is 5.02 Å². The van der Waals surface area contributed by atoms with Gasteiger partial charge in [0.15, 0.2) is 5.82 Å². The van der Waals surface area contributed by atoms with E-state index in [0.717, 1.165) is 16.7 Å². The Morgan fingerprint density at radius 3 is 2.72 bits per heavy atom. The van der Waals surface area contributed by atoms with Crippen molar-refractivity contribution in [2.24, 2.45) is 0 Å². The Morgan fingerprint density at radius 1 is 1.10 bits per heavy atom. The zero-order valence-electron chi connectivity index (χ0n) is 15.7. The number of pyridine rings is 1. The quantitative estimate of drug-likeness (QED) is 0.527. The molecule has 7 heteroatoms. The fraction of sp³-hybridized carbons (Fsp3) is 0.0909. The Balaban J connectivity index is 1.70. The maximum atomic E-state index is 13.1. The Morgan fingerprint density at radius 2 is 1.97 bits per heavy atom. The van der Waals surface area contributed by atoms with Crippen molar-refractivity contribution >= 4 is 23.5 Å². The van der Waals surface area contributed by atoms with Crippen LogP contribution in [0.5, 0.6) is 0 Å². The molecule has 6 nitrogen and oxygen atoms in total. The Hall–Kier alpha value is -3.51. The van der Waals surface area contributed by atoms with E-state index < -0.39 is 0 Å². The van der Waals surface area contributed by atoms with Crippen molar-refractivity contribution in [2.75, 3.05) is 5.32 Å². The number of nitrogens with zero attached hydrogens (tertiary/aromatic N) is 4. The molecule has 144 valence electrons. The summed E-state index contributed by atoms with van der Waals surface area (Å²) in [4.78, 5) is 21.8. The van der Waals surface area contributed by atoms with Gasteiger partial charge in [-0.05, 0) is 48.9 Å². The first-order valence-electron chi connectivity index (χ1n) is 9.07. The van der Waals surface area contributed by atoms with E-state index in [1.807, 2.05) is 55.5 Å². The van der Waals surface area contributed by atoms with Gasteiger partial charge in [-0.15, -0.1) is 5.10 Å². The predicted octanol–water partition coefficient (Wildman–Crippen LogP) is 4.60. The largest absolute Gasteiger partial charge is 0.350 e. The van der Waals surface area contributed by atoms with Crippen LogP contribution < -0.4 is 5.32 Å². The molecule has 1 N–H and O–H groups in total. The molecule has 4 rings (SSSR count). The third-order valence-electron chi connectivity index (χ3n) is 4.32. The predicted molar refractivity (Wildman–Crippen MR) is 113 cm³/mol. The number of hydrogen-bond donors (Lipinski definition) is 1. The monoisotopic (exact) mass is 403 g/mol. The molecule has 29 heavy (non-hydrogen) atoms. The lowest BCUT2D eigenvalue weighted by molar-refractivity contribution is 0.0947. The van der Waals surface area contributed by atoms with Crippen molar-refractivity contribution in [1.82, 2.24) is 19.7 Å². The standard InChI is InChI=1S/C22H18ClN5O/c1-15-5-2-7-17(11-15)21(29)28-22(25-13-16-6-3-9-19(23)12-16)26-20(27-28)18-8-4-10-24-14-18/h2-12,14H,13H2,1H3,(H,25,26,27). The van der Waals surface area contributed by atoms with E-state index in [2.05, 4.69) is 20.4 Å². The average Bonchev–Trinajstić information content (AvgIpc) is 3.17. The fourth-order valence-electron chi connectivity index (χ4n) is 2.91. The molecule has 4 aromatic rings. The normalized spacial score (nSPS) is 10.7. The van der Waals surface area contributed by atoms with Gasteiger partial charge >= 0.3 is 0 Å². The molecule has 0 amide bonds. The van der Waals surface area contributed by atoms with Gasteiger partial charge in [-0.3, -0.25) is 9.78 Å². The van der Waals surface area contributed by atoms with Crippen LogP contribution in [0.4, 0.5) is 5.95 Å². The molecular weight excluding hydrogens is 386 g/mol. The maximum Gasteiger partial charge on any atom is 0.281 e. The van der Waals surface area contributed by atoms with Gasteiger partial charge in [-0.25, -0.2) is 0 Å². The highest BCUT2D eigenvalue weighted by Crippen LogP contribution is 2.19. The zero-order valence-corrected chi connectivity index (χ0v) is 16.5. The number of carbonyl (C=O) groups excluding carboxylic acids is 1. The SMILES string of the molecule is Cc1cccc(C(=O)n2nc(-c3cccnc3)nc2NCc2cccc(Cl)c2)c1.